The van der Waals surface area contributed by atoms with Gasteiger partial charge in [-0.3, -0.25) is 9.59 Å². The summed E-state index contributed by atoms with van der Waals surface area (Å²) in [6.45, 7) is 6.29. The van der Waals surface area contributed by atoms with Crippen LogP contribution in [-0.4, -0.2) is 54.2 Å². The summed E-state index contributed by atoms with van der Waals surface area (Å²) in [5.74, 6) is -0.200. The molecule has 1 fully saturated rings. The van der Waals surface area contributed by atoms with Gasteiger partial charge in [0.15, 0.2) is 0 Å². The van der Waals surface area contributed by atoms with Crippen LogP contribution in [0, 0.1) is 0 Å². The average Bonchev–Trinajstić information content (AvgIpc) is 3.11. The number of aromatic hydroxyl groups is 1. The standard InChI is InChI=1S/C23H28N4O3/c1-3-26(4-2)20-11-10-18(21(28)13-20)14-24-25-22(29)16-27-15-19(12-23(27)30)17-8-6-5-7-9-17/h5-11,13-14,19,28H,3-4,12,15-16H2,1-2H3,(H,25,29)/b24-14-/t19-/m1/s1. The van der Waals surface area contributed by atoms with Crippen molar-refractivity contribution in [2.45, 2.75) is 26.2 Å². The first kappa shape index (κ1) is 21.4. The number of carbonyl (C=O) groups excluding carboxylic acids is 2. The minimum absolute atomic E-state index is 0.0346. The van der Waals surface area contributed by atoms with E-state index in [2.05, 4.69) is 29.3 Å². The number of hydrazone groups is 1. The number of nitrogens with zero attached hydrogens (tertiary/aromatic N) is 3. The topological polar surface area (TPSA) is 85.2 Å². The number of likely N-dealkylation sites (tertiary alicyclic amines) is 1. The van der Waals surface area contributed by atoms with E-state index in [4.69, 9.17) is 0 Å². The number of carbonyl (C=O) groups is 2. The molecule has 1 saturated heterocycles. The summed E-state index contributed by atoms with van der Waals surface area (Å²) < 4.78 is 0. The normalized spacial score (nSPS) is 16.3. The minimum Gasteiger partial charge on any atom is -0.507 e. The number of nitrogens with one attached hydrogen (secondary N) is 1. The molecule has 0 aromatic heterocycles. The van der Waals surface area contributed by atoms with E-state index in [1.165, 1.54) is 6.21 Å². The molecule has 0 radical (unpaired) electrons. The molecule has 30 heavy (non-hydrogen) atoms. The molecule has 2 amide bonds. The molecule has 1 atom stereocenters. The van der Waals surface area contributed by atoms with Gasteiger partial charge in [-0.15, -0.1) is 0 Å². The molecule has 1 aliphatic heterocycles. The van der Waals surface area contributed by atoms with Gasteiger partial charge in [0.2, 0.25) is 5.91 Å². The Balaban J connectivity index is 1.53. The lowest BCUT2D eigenvalue weighted by Gasteiger charge is -2.21. The molecule has 7 heteroatoms. The molecular formula is C23H28N4O3. The third-order valence-electron chi connectivity index (χ3n) is 5.36. The highest BCUT2D eigenvalue weighted by molar-refractivity contribution is 5.88. The predicted molar refractivity (Wildman–Crippen MR) is 118 cm³/mol. The highest BCUT2D eigenvalue weighted by atomic mass is 16.3. The number of phenols is 1. The van der Waals surface area contributed by atoms with Gasteiger partial charge in [-0.05, 0) is 31.5 Å². The maximum Gasteiger partial charge on any atom is 0.259 e. The van der Waals surface area contributed by atoms with E-state index in [0.29, 0.717) is 18.5 Å². The van der Waals surface area contributed by atoms with Crippen LogP contribution in [0.15, 0.2) is 53.6 Å². The summed E-state index contributed by atoms with van der Waals surface area (Å²) in [5.41, 5.74) is 4.98. The molecule has 2 N–H and O–H groups in total. The number of anilines is 1. The molecule has 1 aliphatic rings. The van der Waals surface area contributed by atoms with Crippen LogP contribution in [0.3, 0.4) is 0 Å². The fourth-order valence-corrected chi connectivity index (χ4v) is 3.68. The molecular weight excluding hydrogens is 380 g/mol. The van der Waals surface area contributed by atoms with Crippen molar-refractivity contribution in [3.63, 3.8) is 0 Å². The van der Waals surface area contributed by atoms with E-state index in [0.717, 1.165) is 24.3 Å². The molecule has 7 nitrogen and oxygen atoms in total. The van der Waals surface area contributed by atoms with Crippen LogP contribution in [0.1, 0.15) is 37.3 Å². The van der Waals surface area contributed by atoms with E-state index in [1.54, 1.807) is 17.0 Å². The quantitative estimate of drug-likeness (QED) is 0.520. The second-order valence-electron chi connectivity index (χ2n) is 7.29. The largest absolute Gasteiger partial charge is 0.507 e. The number of hydrogen-bond acceptors (Lipinski definition) is 5. The second-order valence-corrected chi connectivity index (χ2v) is 7.29. The van der Waals surface area contributed by atoms with E-state index in [1.807, 2.05) is 36.4 Å². The van der Waals surface area contributed by atoms with Crippen LogP contribution in [-0.2, 0) is 9.59 Å². The Morgan fingerprint density at radius 2 is 1.97 bits per heavy atom. The third-order valence-corrected chi connectivity index (χ3v) is 5.36. The van der Waals surface area contributed by atoms with Crippen molar-refractivity contribution in [2.24, 2.45) is 5.10 Å². The van der Waals surface area contributed by atoms with Crippen LogP contribution in [0.4, 0.5) is 5.69 Å². The van der Waals surface area contributed by atoms with Crippen LogP contribution in [0.25, 0.3) is 0 Å². The molecule has 2 aromatic rings. The maximum atomic E-state index is 12.2. The summed E-state index contributed by atoms with van der Waals surface area (Å²) in [7, 11) is 0. The Kier molecular flexibility index (Phi) is 7.06. The average molecular weight is 409 g/mol. The zero-order valence-corrected chi connectivity index (χ0v) is 17.4. The molecule has 158 valence electrons. The molecule has 3 rings (SSSR count). The van der Waals surface area contributed by atoms with Crippen LogP contribution in [0.2, 0.25) is 0 Å². The molecule has 0 aliphatic carbocycles. The van der Waals surface area contributed by atoms with Gasteiger partial charge >= 0.3 is 0 Å². The Hall–Kier alpha value is -3.35. The van der Waals surface area contributed by atoms with Crippen molar-refractivity contribution in [2.75, 3.05) is 31.1 Å². The van der Waals surface area contributed by atoms with E-state index in [-0.39, 0.29) is 30.0 Å². The molecule has 0 spiro atoms. The van der Waals surface area contributed by atoms with Crippen LogP contribution >= 0.6 is 0 Å². The van der Waals surface area contributed by atoms with Crippen LogP contribution in [0.5, 0.6) is 5.75 Å². The molecule has 1 heterocycles. The number of rotatable bonds is 8. The Morgan fingerprint density at radius 3 is 2.63 bits per heavy atom. The number of benzene rings is 2. The first-order chi connectivity index (χ1) is 14.5. The lowest BCUT2D eigenvalue weighted by Crippen LogP contribution is -2.36. The van der Waals surface area contributed by atoms with Crippen molar-refractivity contribution in [1.82, 2.24) is 10.3 Å². The minimum atomic E-state index is -0.368. The van der Waals surface area contributed by atoms with E-state index >= 15 is 0 Å². The lowest BCUT2D eigenvalue weighted by molar-refractivity contribution is -0.133. The van der Waals surface area contributed by atoms with Crippen LogP contribution < -0.4 is 10.3 Å². The maximum absolute atomic E-state index is 12.2. The fraction of sp³-hybridized carbons (Fsp3) is 0.348. The molecule has 0 bridgehead atoms. The van der Waals surface area contributed by atoms with Crippen molar-refractivity contribution in [3.05, 3.63) is 59.7 Å². The zero-order chi connectivity index (χ0) is 21.5. The van der Waals surface area contributed by atoms with Gasteiger partial charge in [0.1, 0.15) is 12.3 Å². The zero-order valence-electron chi connectivity index (χ0n) is 17.4. The monoisotopic (exact) mass is 408 g/mol. The Morgan fingerprint density at radius 1 is 1.23 bits per heavy atom. The molecule has 0 saturated carbocycles. The van der Waals surface area contributed by atoms with Gasteiger partial charge in [-0.1, -0.05) is 30.3 Å². The summed E-state index contributed by atoms with van der Waals surface area (Å²) in [5, 5.41) is 14.1. The highest BCUT2D eigenvalue weighted by Gasteiger charge is 2.31. The van der Waals surface area contributed by atoms with E-state index in [9.17, 15) is 14.7 Å². The van der Waals surface area contributed by atoms with Crippen molar-refractivity contribution in [1.29, 1.82) is 0 Å². The Labute approximate surface area is 177 Å². The molecule has 2 aromatic carbocycles. The summed E-state index contributed by atoms with van der Waals surface area (Å²) in [4.78, 5) is 28.1. The highest BCUT2D eigenvalue weighted by Crippen LogP contribution is 2.27. The molecule has 0 unspecified atom stereocenters. The summed E-state index contributed by atoms with van der Waals surface area (Å²) in [6.07, 6.45) is 1.81. The van der Waals surface area contributed by atoms with Crippen molar-refractivity contribution in [3.8, 4) is 5.75 Å². The van der Waals surface area contributed by atoms with Crippen molar-refractivity contribution < 1.29 is 14.7 Å². The smallest absolute Gasteiger partial charge is 0.259 e. The summed E-state index contributed by atoms with van der Waals surface area (Å²) >= 11 is 0. The van der Waals surface area contributed by atoms with Gasteiger partial charge in [-0.2, -0.15) is 5.10 Å². The third kappa shape index (κ3) is 5.17. The van der Waals surface area contributed by atoms with Gasteiger partial charge in [0, 0.05) is 49.3 Å². The fourth-order valence-electron chi connectivity index (χ4n) is 3.68. The van der Waals surface area contributed by atoms with E-state index < -0.39 is 0 Å². The Bertz CT molecular complexity index is 910. The summed E-state index contributed by atoms with van der Waals surface area (Å²) in [6, 6.07) is 15.2. The number of amides is 2. The van der Waals surface area contributed by atoms with Gasteiger partial charge in [0.25, 0.3) is 5.91 Å². The second kappa shape index (κ2) is 9.91. The SMILES string of the molecule is CCN(CC)c1ccc(/C=N\NC(=O)CN2C[C@H](c3ccccc3)CC2=O)c(O)c1. The van der Waals surface area contributed by atoms with Crippen molar-refractivity contribution >= 4 is 23.7 Å². The van der Waals surface area contributed by atoms with Gasteiger partial charge in [-0.25, -0.2) is 5.43 Å². The van der Waals surface area contributed by atoms with Gasteiger partial charge in [0.05, 0.1) is 6.21 Å². The number of hydrogen-bond donors (Lipinski definition) is 2. The first-order valence-electron chi connectivity index (χ1n) is 10.2. The van der Waals surface area contributed by atoms with Gasteiger partial charge < -0.3 is 14.9 Å². The first-order valence-corrected chi connectivity index (χ1v) is 10.2. The number of phenolic OH excluding ortho intramolecular Hbond substituents is 1. The predicted octanol–water partition coefficient (Wildman–Crippen LogP) is 2.70. The lowest BCUT2D eigenvalue weighted by atomic mass is 9.99.